The molecule has 0 fully saturated rings. The second kappa shape index (κ2) is 13.7. The molecule has 0 amide bonds. The molecule has 0 bridgehead atoms. The number of imidazole rings is 1. The van der Waals surface area contributed by atoms with Gasteiger partial charge in [0, 0.05) is 49.2 Å². The lowest BCUT2D eigenvalue weighted by Gasteiger charge is -2.15. The van der Waals surface area contributed by atoms with Gasteiger partial charge in [0.15, 0.2) is 11.6 Å². The Kier molecular flexibility index (Phi) is 7.74. The van der Waals surface area contributed by atoms with Crippen LogP contribution in [0.1, 0.15) is 0 Å². The topological polar surface area (TPSA) is 60.9 Å². The minimum absolute atomic E-state index is 0.547. The fourth-order valence-electron chi connectivity index (χ4n) is 8.85. The van der Waals surface area contributed by atoms with Gasteiger partial charge in [-0.2, -0.15) is 9.97 Å². The molecule has 4 aromatic heterocycles. The highest BCUT2D eigenvalue weighted by Crippen LogP contribution is 2.45. The van der Waals surface area contributed by atoms with Crippen LogP contribution in [-0.2, 0) is 0 Å². The molecule has 8 aromatic carbocycles. The monoisotopic (exact) mass is 766 g/mol. The van der Waals surface area contributed by atoms with Crippen LogP contribution in [-0.4, -0.2) is 28.9 Å². The maximum absolute atomic E-state index is 5.49. The summed E-state index contributed by atoms with van der Waals surface area (Å²) in [5.74, 6) is 2.66. The van der Waals surface area contributed by atoms with Crippen molar-refractivity contribution in [2.45, 2.75) is 0 Å². The molecular weight excluding hydrogens is 733 g/mol. The van der Waals surface area contributed by atoms with Gasteiger partial charge in [0.05, 0.1) is 27.8 Å². The fraction of sp³-hybridized carbons (Fsp3) is 0. The lowest BCUT2D eigenvalue weighted by Crippen LogP contribution is -2.07. The van der Waals surface area contributed by atoms with Crippen LogP contribution in [0.4, 0.5) is 0 Å². The smallest absolute Gasteiger partial charge is 0.238 e. The van der Waals surface area contributed by atoms with Gasteiger partial charge < -0.3 is 0 Å². The largest absolute Gasteiger partial charge is 0.291 e. The van der Waals surface area contributed by atoms with Gasteiger partial charge in [-0.05, 0) is 23.3 Å². The predicted molar refractivity (Wildman–Crippen MR) is 245 cm³/mol. The molecule has 0 aliphatic rings. The van der Waals surface area contributed by atoms with Crippen LogP contribution in [0.5, 0.6) is 0 Å². The van der Waals surface area contributed by atoms with Crippen molar-refractivity contribution >= 4 is 49.0 Å². The molecule has 4 heterocycles. The van der Waals surface area contributed by atoms with Crippen molar-refractivity contribution in [2.24, 2.45) is 0 Å². The summed E-state index contributed by atoms with van der Waals surface area (Å²) in [6, 6.07) is 72.0. The highest BCUT2D eigenvalue weighted by Gasteiger charge is 2.25. The fourth-order valence-corrected chi connectivity index (χ4v) is 8.85. The Morgan fingerprint density at radius 2 is 0.833 bits per heavy atom. The zero-order valence-electron chi connectivity index (χ0n) is 32.3. The molecule has 0 saturated carbocycles. The Bertz CT molecular complexity index is 3500. The summed E-state index contributed by atoms with van der Waals surface area (Å²) in [5, 5.41) is 5.52. The molecular formula is C54H34N6. The van der Waals surface area contributed by atoms with E-state index in [4.69, 9.17) is 19.9 Å². The van der Waals surface area contributed by atoms with E-state index in [2.05, 4.69) is 179 Å². The van der Waals surface area contributed by atoms with E-state index in [9.17, 15) is 0 Å². The molecule has 0 spiro atoms. The highest BCUT2D eigenvalue weighted by atomic mass is 15.2. The summed E-state index contributed by atoms with van der Waals surface area (Å²) in [4.78, 5) is 21.3. The molecule has 6 heteroatoms. The summed E-state index contributed by atoms with van der Waals surface area (Å²) in [7, 11) is 0. The van der Waals surface area contributed by atoms with Gasteiger partial charge in [0.25, 0.3) is 0 Å². The van der Waals surface area contributed by atoms with Crippen molar-refractivity contribution in [3.63, 3.8) is 0 Å². The average molecular weight is 767 g/mol. The predicted octanol–water partition coefficient (Wildman–Crippen LogP) is 13.3. The molecule has 60 heavy (non-hydrogen) atoms. The SMILES string of the molecule is c1ccc(-c2ccc3c4ccc5c(c6ccccc6n6c(-c7ccccc7)nc(-c7ccccc7)c56)c4n(-c4nc(-c5ccccc5)nc(-c5ccccc5)n4)c3c2)cc1. The molecule has 0 aliphatic heterocycles. The van der Waals surface area contributed by atoms with E-state index in [1.807, 2.05) is 36.4 Å². The van der Waals surface area contributed by atoms with Gasteiger partial charge >= 0.3 is 0 Å². The van der Waals surface area contributed by atoms with Gasteiger partial charge in [-0.25, -0.2) is 9.97 Å². The van der Waals surface area contributed by atoms with E-state index in [-0.39, 0.29) is 0 Å². The normalized spacial score (nSPS) is 11.7. The second-order valence-corrected chi connectivity index (χ2v) is 15.0. The van der Waals surface area contributed by atoms with Crippen LogP contribution in [0.15, 0.2) is 206 Å². The van der Waals surface area contributed by atoms with Crippen molar-refractivity contribution in [1.29, 1.82) is 0 Å². The molecule has 280 valence electrons. The zero-order chi connectivity index (χ0) is 39.6. The first-order valence-corrected chi connectivity index (χ1v) is 20.2. The Labute approximate surface area is 345 Å². The Morgan fingerprint density at radius 3 is 1.47 bits per heavy atom. The van der Waals surface area contributed by atoms with E-state index in [1.54, 1.807) is 0 Å². The Hall–Kier alpha value is -8.22. The molecule has 12 aromatic rings. The van der Waals surface area contributed by atoms with Crippen molar-refractivity contribution in [3.8, 4) is 62.5 Å². The van der Waals surface area contributed by atoms with Gasteiger partial charge in [-0.1, -0.05) is 194 Å². The zero-order valence-corrected chi connectivity index (χ0v) is 32.3. The minimum Gasteiger partial charge on any atom is -0.291 e. The Morgan fingerprint density at radius 1 is 0.317 bits per heavy atom. The van der Waals surface area contributed by atoms with E-state index < -0.39 is 0 Å². The summed E-state index contributed by atoms with van der Waals surface area (Å²) >= 11 is 0. The van der Waals surface area contributed by atoms with Gasteiger partial charge in [-0.15, -0.1) is 0 Å². The van der Waals surface area contributed by atoms with Crippen molar-refractivity contribution in [2.75, 3.05) is 0 Å². The third kappa shape index (κ3) is 5.35. The first-order chi connectivity index (χ1) is 29.8. The maximum atomic E-state index is 5.49. The van der Waals surface area contributed by atoms with Gasteiger partial charge in [-0.3, -0.25) is 8.97 Å². The van der Waals surface area contributed by atoms with Crippen LogP contribution in [0.2, 0.25) is 0 Å². The molecule has 0 radical (unpaired) electrons. The lowest BCUT2D eigenvalue weighted by molar-refractivity contribution is 0.955. The number of pyridine rings is 1. The summed E-state index contributed by atoms with van der Waals surface area (Å²) in [5.41, 5.74) is 11.3. The third-order valence-electron chi connectivity index (χ3n) is 11.6. The summed E-state index contributed by atoms with van der Waals surface area (Å²) in [6.07, 6.45) is 0. The van der Waals surface area contributed by atoms with Gasteiger partial charge in [0.1, 0.15) is 5.82 Å². The molecule has 0 saturated heterocycles. The average Bonchev–Trinajstić information content (AvgIpc) is 3.90. The summed E-state index contributed by atoms with van der Waals surface area (Å²) in [6.45, 7) is 0. The number of hydrogen-bond acceptors (Lipinski definition) is 4. The quantitative estimate of drug-likeness (QED) is 0.158. The molecule has 6 nitrogen and oxygen atoms in total. The van der Waals surface area contributed by atoms with Gasteiger partial charge in [0.2, 0.25) is 5.95 Å². The molecule has 12 rings (SSSR count). The molecule has 0 unspecified atom stereocenters. The van der Waals surface area contributed by atoms with E-state index in [0.29, 0.717) is 17.6 Å². The van der Waals surface area contributed by atoms with Crippen LogP contribution in [0, 0.1) is 0 Å². The number of rotatable bonds is 6. The van der Waals surface area contributed by atoms with Crippen molar-refractivity contribution < 1.29 is 0 Å². The number of nitrogens with zero attached hydrogens (tertiary/aromatic N) is 6. The standard InChI is InChI=1S/C54H34N6/c1-6-18-35(19-7-1)40-30-31-41-42-32-33-44-47(43-28-16-17-29-45(43)59-50(44)48(36-20-8-2-9-21-36)55-53(59)39-26-14-5-15-27-39)49(42)60(46(41)34-40)54-57-51(37-22-10-3-11-23-37)56-52(58-54)38-24-12-4-13-25-38/h1-34H. The number of aromatic nitrogens is 6. The maximum Gasteiger partial charge on any atom is 0.238 e. The first kappa shape index (κ1) is 33.9. The molecule has 0 atom stereocenters. The lowest BCUT2D eigenvalue weighted by atomic mass is 9.98. The third-order valence-corrected chi connectivity index (χ3v) is 11.6. The number of fused-ring (bicyclic) bond motifs is 10. The first-order valence-electron chi connectivity index (χ1n) is 20.2. The second-order valence-electron chi connectivity index (χ2n) is 15.0. The number of para-hydroxylation sites is 1. The van der Waals surface area contributed by atoms with Crippen LogP contribution in [0.25, 0.3) is 111 Å². The van der Waals surface area contributed by atoms with E-state index >= 15 is 0 Å². The minimum atomic E-state index is 0.547. The number of hydrogen-bond donors (Lipinski definition) is 0. The van der Waals surface area contributed by atoms with E-state index in [0.717, 1.165) is 93.9 Å². The van der Waals surface area contributed by atoms with E-state index in [1.165, 1.54) is 0 Å². The molecule has 0 N–H and O–H groups in total. The van der Waals surface area contributed by atoms with Crippen LogP contribution in [0.3, 0.4) is 0 Å². The van der Waals surface area contributed by atoms with Crippen molar-refractivity contribution in [1.82, 2.24) is 28.9 Å². The van der Waals surface area contributed by atoms with Crippen LogP contribution < -0.4 is 0 Å². The molecule has 0 aliphatic carbocycles. The highest BCUT2D eigenvalue weighted by molar-refractivity contribution is 6.29. The Balaban J connectivity index is 1.29. The number of benzene rings is 8. The van der Waals surface area contributed by atoms with Crippen molar-refractivity contribution in [3.05, 3.63) is 206 Å². The summed E-state index contributed by atoms with van der Waals surface area (Å²) < 4.78 is 4.63. The van der Waals surface area contributed by atoms with Crippen LogP contribution >= 0.6 is 0 Å².